The van der Waals surface area contributed by atoms with Crippen molar-refractivity contribution in [1.29, 1.82) is 0 Å². The van der Waals surface area contributed by atoms with Gasteiger partial charge in [0.05, 0.1) is 10.2 Å². The number of nitrogens with one attached hydrogen (secondary N) is 2. The highest BCUT2D eigenvalue weighted by Gasteiger charge is 2.23. The van der Waals surface area contributed by atoms with Crippen molar-refractivity contribution in [2.75, 3.05) is 49.5 Å². The number of hydrogen-bond donors (Lipinski definition) is 2. The number of nitrogens with zero attached hydrogens (tertiary/aromatic N) is 6. The lowest BCUT2D eigenvalue weighted by Gasteiger charge is -2.36. The van der Waals surface area contributed by atoms with E-state index >= 15 is 0 Å². The number of anilines is 2. The highest BCUT2D eigenvalue weighted by atomic mass is 79.9. The molecular formula is C30H37BrN8. The van der Waals surface area contributed by atoms with Crippen molar-refractivity contribution in [3.05, 3.63) is 65.0 Å². The minimum atomic E-state index is 0.436. The Hall–Kier alpha value is -3.01. The summed E-state index contributed by atoms with van der Waals surface area (Å²) in [7, 11) is 0. The molecule has 2 N–H and O–H groups in total. The number of H-pyrrole nitrogens is 1. The second-order valence-corrected chi connectivity index (χ2v) is 11.8. The van der Waals surface area contributed by atoms with E-state index in [1.54, 1.807) is 0 Å². The summed E-state index contributed by atoms with van der Waals surface area (Å²) in [5.74, 6) is 0.848. The van der Waals surface area contributed by atoms with Gasteiger partial charge in [-0.1, -0.05) is 6.07 Å². The van der Waals surface area contributed by atoms with Gasteiger partial charge in [-0.2, -0.15) is 0 Å². The molecule has 39 heavy (non-hydrogen) atoms. The monoisotopic (exact) mass is 588 g/mol. The Labute approximate surface area is 239 Å². The molecule has 0 radical (unpaired) electrons. The molecule has 5 heterocycles. The van der Waals surface area contributed by atoms with Gasteiger partial charge in [-0.05, 0) is 78.5 Å². The standard InChI is InChI=1S/C30H37BrN8/c1-21(2)38-12-9-24(10-13-38)34-27-26(31)19-33-30-28(27)35-29(36-30)23-5-7-25(8-6-23)39-16-14-37(15-17-39)20-22-4-3-11-32-18-22/h3-8,11,18-19,21,24H,9-10,12-17,20H2,1-2H3,(H2,33,34,35,36). The predicted octanol–water partition coefficient (Wildman–Crippen LogP) is 5.39. The summed E-state index contributed by atoms with van der Waals surface area (Å²) in [6.45, 7) is 11.9. The molecule has 8 nitrogen and oxygen atoms in total. The third kappa shape index (κ3) is 5.95. The van der Waals surface area contributed by atoms with Gasteiger partial charge in [0.2, 0.25) is 0 Å². The fourth-order valence-corrected chi connectivity index (χ4v) is 6.12. The van der Waals surface area contributed by atoms with E-state index in [9.17, 15) is 0 Å². The maximum atomic E-state index is 5.00. The Morgan fingerprint density at radius 2 is 1.77 bits per heavy atom. The first-order valence-corrected chi connectivity index (χ1v) is 14.8. The number of hydrogen-bond acceptors (Lipinski definition) is 7. The Morgan fingerprint density at radius 3 is 2.46 bits per heavy atom. The fourth-order valence-electron chi connectivity index (χ4n) is 5.71. The van der Waals surface area contributed by atoms with Crippen LogP contribution in [0.1, 0.15) is 32.3 Å². The number of halogens is 1. The molecule has 0 unspecified atom stereocenters. The fraction of sp³-hybridized carbons (Fsp3) is 0.433. The number of piperidine rings is 1. The molecule has 2 fully saturated rings. The molecule has 204 valence electrons. The SMILES string of the molecule is CC(C)N1CCC(Nc2c(Br)cnc3[nH]c(-c4ccc(N5CCN(Cc6cccnc6)CC5)cc4)nc23)CC1. The molecule has 0 bridgehead atoms. The van der Waals surface area contributed by atoms with E-state index in [0.29, 0.717) is 12.1 Å². The topological polar surface area (TPSA) is 76.2 Å². The van der Waals surface area contributed by atoms with Crippen LogP contribution in [0.2, 0.25) is 0 Å². The summed E-state index contributed by atoms with van der Waals surface area (Å²) in [5, 5.41) is 3.78. The number of aromatic nitrogens is 4. The molecule has 1 aromatic carbocycles. The first kappa shape index (κ1) is 26.2. The van der Waals surface area contributed by atoms with Crippen molar-refractivity contribution >= 4 is 38.5 Å². The quantitative estimate of drug-likeness (QED) is 0.300. The number of aromatic amines is 1. The number of rotatable bonds is 7. The third-order valence-electron chi connectivity index (χ3n) is 8.08. The first-order valence-electron chi connectivity index (χ1n) is 14.0. The summed E-state index contributed by atoms with van der Waals surface area (Å²) in [5.41, 5.74) is 6.33. The Morgan fingerprint density at radius 1 is 1.00 bits per heavy atom. The van der Waals surface area contributed by atoms with Crippen molar-refractivity contribution < 1.29 is 0 Å². The summed E-state index contributed by atoms with van der Waals surface area (Å²) in [6.07, 6.45) is 7.93. The largest absolute Gasteiger partial charge is 0.379 e. The summed E-state index contributed by atoms with van der Waals surface area (Å²) >= 11 is 3.72. The average Bonchev–Trinajstić information content (AvgIpc) is 3.41. The van der Waals surface area contributed by atoms with E-state index in [1.807, 2.05) is 24.7 Å². The molecule has 2 saturated heterocycles. The van der Waals surface area contributed by atoms with Crippen LogP contribution < -0.4 is 10.2 Å². The molecule has 6 rings (SSSR count). The normalized spacial score (nSPS) is 17.8. The van der Waals surface area contributed by atoms with Crippen LogP contribution >= 0.6 is 15.9 Å². The van der Waals surface area contributed by atoms with Crippen molar-refractivity contribution in [2.24, 2.45) is 0 Å². The summed E-state index contributed by atoms with van der Waals surface area (Å²) in [4.78, 5) is 24.8. The maximum absolute atomic E-state index is 5.00. The maximum Gasteiger partial charge on any atom is 0.159 e. The van der Waals surface area contributed by atoms with Gasteiger partial charge in [-0.15, -0.1) is 0 Å². The predicted molar refractivity (Wildman–Crippen MR) is 162 cm³/mol. The van der Waals surface area contributed by atoms with E-state index in [2.05, 4.69) is 95.1 Å². The highest BCUT2D eigenvalue weighted by molar-refractivity contribution is 9.10. The Balaban J connectivity index is 1.12. The number of likely N-dealkylation sites (tertiary alicyclic amines) is 1. The van der Waals surface area contributed by atoms with Gasteiger partial charge in [-0.25, -0.2) is 9.97 Å². The van der Waals surface area contributed by atoms with Gasteiger partial charge < -0.3 is 20.1 Å². The highest BCUT2D eigenvalue weighted by Crippen LogP contribution is 2.33. The molecule has 0 aliphatic carbocycles. The third-order valence-corrected chi connectivity index (χ3v) is 8.68. The lowest BCUT2D eigenvalue weighted by molar-refractivity contribution is 0.177. The van der Waals surface area contributed by atoms with E-state index in [1.165, 1.54) is 11.3 Å². The number of imidazole rings is 1. The van der Waals surface area contributed by atoms with Crippen LogP contribution in [-0.2, 0) is 6.54 Å². The first-order chi connectivity index (χ1) is 19.0. The summed E-state index contributed by atoms with van der Waals surface area (Å²) < 4.78 is 0.956. The number of piperazine rings is 1. The van der Waals surface area contributed by atoms with Crippen molar-refractivity contribution in [1.82, 2.24) is 29.7 Å². The minimum absolute atomic E-state index is 0.436. The molecule has 3 aromatic heterocycles. The van der Waals surface area contributed by atoms with Gasteiger partial charge >= 0.3 is 0 Å². The van der Waals surface area contributed by atoms with Crippen molar-refractivity contribution in [3.8, 4) is 11.4 Å². The van der Waals surface area contributed by atoms with E-state index in [-0.39, 0.29) is 0 Å². The van der Waals surface area contributed by atoms with Gasteiger partial charge in [0.25, 0.3) is 0 Å². The number of pyridine rings is 2. The molecule has 0 spiro atoms. The van der Waals surface area contributed by atoms with Crippen LogP contribution in [-0.4, -0.2) is 81.1 Å². The van der Waals surface area contributed by atoms with E-state index in [4.69, 9.17) is 4.98 Å². The van der Waals surface area contributed by atoms with Crippen LogP contribution in [0.25, 0.3) is 22.6 Å². The second kappa shape index (κ2) is 11.6. The van der Waals surface area contributed by atoms with Crippen LogP contribution in [0.5, 0.6) is 0 Å². The molecule has 0 saturated carbocycles. The smallest absolute Gasteiger partial charge is 0.159 e. The molecule has 4 aromatic rings. The van der Waals surface area contributed by atoms with Gasteiger partial charge in [-0.3, -0.25) is 9.88 Å². The van der Waals surface area contributed by atoms with Gasteiger partial charge in [0.15, 0.2) is 5.65 Å². The zero-order chi connectivity index (χ0) is 26.8. The molecule has 2 aliphatic rings. The lowest BCUT2D eigenvalue weighted by Crippen LogP contribution is -2.45. The second-order valence-electron chi connectivity index (χ2n) is 11.0. The Kier molecular flexibility index (Phi) is 7.81. The molecule has 2 aliphatic heterocycles. The molecular weight excluding hydrogens is 552 g/mol. The summed E-state index contributed by atoms with van der Waals surface area (Å²) in [6, 6.07) is 14.0. The van der Waals surface area contributed by atoms with Crippen LogP contribution in [0.3, 0.4) is 0 Å². The number of fused-ring (bicyclic) bond motifs is 1. The van der Waals surface area contributed by atoms with Crippen LogP contribution in [0.4, 0.5) is 11.4 Å². The molecule has 0 amide bonds. The average molecular weight is 590 g/mol. The lowest BCUT2D eigenvalue weighted by atomic mass is 10.0. The molecule has 9 heteroatoms. The zero-order valence-electron chi connectivity index (χ0n) is 22.8. The minimum Gasteiger partial charge on any atom is -0.379 e. The van der Waals surface area contributed by atoms with E-state index < -0.39 is 0 Å². The zero-order valence-corrected chi connectivity index (χ0v) is 24.4. The number of benzene rings is 1. The molecule has 0 atom stereocenters. The van der Waals surface area contributed by atoms with E-state index in [0.717, 1.165) is 91.4 Å². The van der Waals surface area contributed by atoms with Crippen molar-refractivity contribution in [3.63, 3.8) is 0 Å². The van der Waals surface area contributed by atoms with Crippen LogP contribution in [0, 0.1) is 0 Å². The van der Waals surface area contributed by atoms with Crippen LogP contribution in [0.15, 0.2) is 59.5 Å². The Bertz CT molecular complexity index is 1370. The van der Waals surface area contributed by atoms with Gasteiger partial charge in [0.1, 0.15) is 11.3 Å². The van der Waals surface area contributed by atoms with Gasteiger partial charge in [0, 0.05) is 87.7 Å². The van der Waals surface area contributed by atoms with Crippen molar-refractivity contribution in [2.45, 2.75) is 45.3 Å².